The number of anilines is 1. The van der Waals surface area contributed by atoms with Crippen molar-refractivity contribution in [1.29, 1.82) is 0 Å². The maximum absolute atomic E-state index is 12.5. The van der Waals surface area contributed by atoms with Gasteiger partial charge in [-0.25, -0.2) is 19.2 Å². The van der Waals surface area contributed by atoms with Crippen molar-refractivity contribution >= 4 is 29.8 Å². The maximum atomic E-state index is 12.5. The van der Waals surface area contributed by atoms with E-state index in [4.69, 9.17) is 14.2 Å². The number of carbonyl (C=O) groups excluding carboxylic acids is 4. The van der Waals surface area contributed by atoms with E-state index in [9.17, 15) is 19.2 Å². The summed E-state index contributed by atoms with van der Waals surface area (Å²) >= 11 is 0. The summed E-state index contributed by atoms with van der Waals surface area (Å²) in [5.41, 5.74) is 0.168. The molecular weight excluding hydrogens is 406 g/mol. The predicted octanol–water partition coefficient (Wildman–Crippen LogP) is 2.71. The zero-order valence-electron chi connectivity index (χ0n) is 18.2. The highest BCUT2D eigenvalue weighted by atomic mass is 16.6. The Hall–Kier alpha value is -3.56. The minimum atomic E-state index is -0.705. The van der Waals surface area contributed by atoms with E-state index >= 15 is 0 Å². The molecule has 1 aromatic rings. The number of nitrogens with one attached hydrogen (secondary N) is 3. The molecule has 10 heteroatoms. The lowest BCUT2D eigenvalue weighted by molar-refractivity contribution is -0.139. The first-order chi connectivity index (χ1) is 14.5. The summed E-state index contributed by atoms with van der Waals surface area (Å²) in [7, 11) is 0. The second kappa shape index (κ2) is 9.96. The van der Waals surface area contributed by atoms with Crippen LogP contribution in [-0.2, 0) is 19.0 Å². The van der Waals surface area contributed by atoms with Crippen LogP contribution in [0.4, 0.5) is 15.3 Å². The van der Waals surface area contributed by atoms with E-state index in [2.05, 4.69) is 16.0 Å². The molecule has 0 radical (unpaired) electrons. The van der Waals surface area contributed by atoms with Crippen LogP contribution in [0.25, 0.3) is 0 Å². The molecule has 1 unspecified atom stereocenters. The number of hydrogen-bond donors (Lipinski definition) is 3. The van der Waals surface area contributed by atoms with Gasteiger partial charge in [0.25, 0.3) is 0 Å². The molecule has 168 valence electrons. The predicted molar refractivity (Wildman–Crippen MR) is 111 cm³/mol. The Morgan fingerprint density at radius 1 is 1.13 bits per heavy atom. The first-order valence-electron chi connectivity index (χ1n) is 9.75. The number of urea groups is 1. The second-order valence-electron chi connectivity index (χ2n) is 7.72. The van der Waals surface area contributed by atoms with Gasteiger partial charge in [-0.05, 0) is 52.8 Å². The minimum absolute atomic E-state index is 0.145. The van der Waals surface area contributed by atoms with Gasteiger partial charge in [-0.3, -0.25) is 5.32 Å². The van der Waals surface area contributed by atoms with Crippen LogP contribution in [0.15, 0.2) is 35.5 Å². The van der Waals surface area contributed by atoms with Gasteiger partial charge >= 0.3 is 24.1 Å². The van der Waals surface area contributed by atoms with Gasteiger partial charge in [0.15, 0.2) is 0 Å². The van der Waals surface area contributed by atoms with Crippen LogP contribution in [0.5, 0.6) is 0 Å². The molecule has 1 aromatic carbocycles. The van der Waals surface area contributed by atoms with Crippen LogP contribution in [0, 0.1) is 0 Å². The third-order valence-electron chi connectivity index (χ3n) is 3.96. The van der Waals surface area contributed by atoms with E-state index in [1.54, 1.807) is 46.8 Å². The third kappa shape index (κ3) is 7.02. The number of hydrogen-bond acceptors (Lipinski definition) is 7. The van der Waals surface area contributed by atoms with Crippen molar-refractivity contribution in [1.82, 2.24) is 10.6 Å². The molecule has 0 aliphatic carbocycles. The molecule has 0 fully saturated rings. The Morgan fingerprint density at radius 2 is 1.84 bits per heavy atom. The average Bonchev–Trinajstić information content (AvgIpc) is 2.64. The zero-order valence-corrected chi connectivity index (χ0v) is 18.2. The van der Waals surface area contributed by atoms with Gasteiger partial charge in [-0.2, -0.15) is 0 Å². The van der Waals surface area contributed by atoms with Crippen molar-refractivity contribution in [2.45, 2.75) is 46.3 Å². The summed E-state index contributed by atoms with van der Waals surface area (Å²) in [6, 6.07) is 4.97. The quantitative estimate of drug-likeness (QED) is 0.464. The highest BCUT2D eigenvalue weighted by Gasteiger charge is 2.30. The van der Waals surface area contributed by atoms with Crippen molar-refractivity contribution in [2.75, 3.05) is 18.5 Å². The number of amides is 3. The van der Waals surface area contributed by atoms with Crippen LogP contribution in [0.3, 0.4) is 0 Å². The molecule has 3 N–H and O–H groups in total. The van der Waals surface area contributed by atoms with Gasteiger partial charge in [0.2, 0.25) is 0 Å². The molecule has 0 bridgehead atoms. The number of ether oxygens (including phenoxy) is 3. The van der Waals surface area contributed by atoms with Gasteiger partial charge in [-0.1, -0.05) is 6.07 Å². The normalized spacial score (nSPS) is 16.0. The highest BCUT2D eigenvalue weighted by Crippen LogP contribution is 2.17. The Bertz CT molecular complexity index is 902. The summed E-state index contributed by atoms with van der Waals surface area (Å²) in [5, 5.41) is 7.58. The Labute approximate surface area is 180 Å². The van der Waals surface area contributed by atoms with Crippen LogP contribution in [0.1, 0.15) is 45.0 Å². The zero-order chi connectivity index (χ0) is 23.2. The standard InChI is InChI=1S/C21H27N3O7/c1-6-29-18(26)16-12(2)22-19(27)24-15(16)11-30-17(25)13-8-7-9-14(10-13)23-20(28)31-21(3,4)5/h7-10,12H,6,11H2,1-5H3,(H,23,28)(H2,22,24,27). The van der Waals surface area contributed by atoms with Gasteiger partial charge in [-0.15, -0.1) is 0 Å². The summed E-state index contributed by atoms with van der Waals surface area (Å²) in [6.07, 6.45) is -0.659. The van der Waals surface area contributed by atoms with Crippen LogP contribution >= 0.6 is 0 Å². The van der Waals surface area contributed by atoms with E-state index in [-0.39, 0.29) is 30.0 Å². The first kappa shape index (κ1) is 23.7. The summed E-state index contributed by atoms with van der Waals surface area (Å²) in [5.74, 6) is -1.32. The van der Waals surface area contributed by atoms with Crippen LogP contribution in [0.2, 0.25) is 0 Å². The van der Waals surface area contributed by atoms with Gasteiger partial charge < -0.3 is 24.8 Å². The molecule has 1 atom stereocenters. The van der Waals surface area contributed by atoms with E-state index < -0.39 is 35.7 Å². The topological polar surface area (TPSA) is 132 Å². The van der Waals surface area contributed by atoms with Gasteiger partial charge in [0.1, 0.15) is 12.2 Å². The molecule has 0 aromatic heterocycles. The van der Waals surface area contributed by atoms with E-state index in [0.29, 0.717) is 5.69 Å². The van der Waals surface area contributed by atoms with Crippen molar-refractivity contribution in [3.8, 4) is 0 Å². The summed E-state index contributed by atoms with van der Waals surface area (Å²) in [4.78, 5) is 48.4. The number of carbonyl (C=O) groups is 4. The third-order valence-corrected chi connectivity index (χ3v) is 3.96. The lowest BCUT2D eigenvalue weighted by atomic mass is 10.0. The molecular formula is C21H27N3O7. The number of benzene rings is 1. The highest BCUT2D eigenvalue weighted by molar-refractivity contribution is 5.95. The number of rotatable bonds is 6. The fourth-order valence-electron chi connectivity index (χ4n) is 2.76. The molecule has 0 saturated heterocycles. The molecule has 1 aliphatic rings. The summed E-state index contributed by atoms with van der Waals surface area (Å²) in [6.45, 7) is 8.32. The maximum Gasteiger partial charge on any atom is 0.412 e. The molecule has 0 saturated carbocycles. The van der Waals surface area contributed by atoms with Crippen molar-refractivity contribution in [3.63, 3.8) is 0 Å². The largest absolute Gasteiger partial charge is 0.463 e. The van der Waals surface area contributed by atoms with Crippen LogP contribution in [-0.4, -0.2) is 48.9 Å². The van der Waals surface area contributed by atoms with E-state index in [1.165, 1.54) is 12.1 Å². The molecule has 10 nitrogen and oxygen atoms in total. The Kier molecular flexibility index (Phi) is 7.62. The van der Waals surface area contributed by atoms with Crippen molar-refractivity contribution in [3.05, 3.63) is 41.1 Å². The fourth-order valence-corrected chi connectivity index (χ4v) is 2.76. The second-order valence-corrected chi connectivity index (χ2v) is 7.72. The van der Waals surface area contributed by atoms with Gasteiger partial charge in [0.05, 0.1) is 29.5 Å². The Balaban J connectivity index is 2.10. The fraction of sp³-hybridized carbons (Fsp3) is 0.429. The molecule has 1 aliphatic heterocycles. The minimum Gasteiger partial charge on any atom is -0.463 e. The molecule has 0 spiro atoms. The molecule has 31 heavy (non-hydrogen) atoms. The lowest BCUT2D eigenvalue weighted by Crippen LogP contribution is -2.50. The smallest absolute Gasteiger partial charge is 0.412 e. The SMILES string of the molecule is CCOC(=O)C1=C(COC(=O)c2cccc(NC(=O)OC(C)(C)C)c2)NC(=O)NC1C. The van der Waals surface area contributed by atoms with E-state index in [0.717, 1.165) is 0 Å². The van der Waals surface area contributed by atoms with Crippen molar-refractivity contribution < 1.29 is 33.4 Å². The monoisotopic (exact) mass is 433 g/mol. The average molecular weight is 433 g/mol. The first-order valence-corrected chi connectivity index (χ1v) is 9.75. The molecule has 2 rings (SSSR count). The van der Waals surface area contributed by atoms with Crippen molar-refractivity contribution in [2.24, 2.45) is 0 Å². The summed E-state index contributed by atoms with van der Waals surface area (Å²) < 4.78 is 15.5. The van der Waals surface area contributed by atoms with E-state index in [1.807, 2.05) is 0 Å². The lowest BCUT2D eigenvalue weighted by Gasteiger charge is -2.26. The molecule has 3 amide bonds. The molecule has 1 heterocycles. The van der Waals surface area contributed by atoms with Gasteiger partial charge in [0, 0.05) is 5.69 Å². The Morgan fingerprint density at radius 3 is 2.48 bits per heavy atom. The number of esters is 2. The van der Waals surface area contributed by atoms with Crippen LogP contribution < -0.4 is 16.0 Å².